The van der Waals surface area contributed by atoms with E-state index in [1.54, 1.807) is 0 Å². The molecule has 0 aliphatic heterocycles. The average Bonchev–Trinajstić information content (AvgIpc) is 3.44. The van der Waals surface area contributed by atoms with Crippen LogP contribution in [0.3, 0.4) is 0 Å². The molecule has 0 aromatic heterocycles. The van der Waals surface area contributed by atoms with Gasteiger partial charge < -0.3 is 8.85 Å². The summed E-state index contributed by atoms with van der Waals surface area (Å²) in [6.07, 6.45) is 18.1. The second-order valence-corrected chi connectivity index (χ2v) is 11.7. The molecule has 154 valence electrons. The second-order valence-electron chi connectivity index (χ2n) is 9.39. The van der Waals surface area contributed by atoms with Gasteiger partial charge in [-0.05, 0) is 70.6 Å². The Kier molecular flexibility index (Phi) is 7.92. The lowest BCUT2D eigenvalue weighted by atomic mass is 9.92. The Hall–Kier alpha value is -0.946. The normalized spacial score (nSPS) is 34.0. The van der Waals surface area contributed by atoms with Crippen molar-refractivity contribution in [1.82, 2.24) is 0 Å². The van der Waals surface area contributed by atoms with Crippen LogP contribution in [0.1, 0.15) is 47.0 Å². The SMILES string of the molecule is CC(C)=C[SiH2]OCC12C=CC(C=C1)C2.CC(C)=C[SiH2]OCC1C2C=CC1CC2. The summed E-state index contributed by atoms with van der Waals surface area (Å²) >= 11 is 0. The monoisotopic (exact) mass is 414 g/mol. The molecule has 2 atom stereocenters. The van der Waals surface area contributed by atoms with Gasteiger partial charge in [0.15, 0.2) is 19.5 Å². The summed E-state index contributed by atoms with van der Waals surface area (Å²) < 4.78 is 11.6. The van der Waals surface area contributed by atoms with E-state index in [1.807, 2.05) is 0 Å². The lowest BCUT2D eigenvalue weighted by molar-refractivity contribution is 0.231. The Morgan fingerprint density at radius 2 is 1.46 bits per heavy atom. The van der Waals surface area contributed by atoms with Crippen LogP contribution in [0.15, 0.2) is 59.0 Å². The molecular weight excluding hydrogens is 376 g/mol. The predicted octanol–water partition coefficient (Wildman–Crippen LogP) is 4.37. The maximum atomic E-state index is 5.83. The van der Waals surface area contributed by atoms with Crippen molar-refractivity contribution in [1.29, 1.82) is 0 Å². The maximum Gasteiger partial charge on any atom is 0.185 e. The van der Waals surface area contributed by atoms with Crippen LogP contribution < -0.4 is 0 Å². The minimum absolute atomic E-state index is 0.271. The first-order chi connectivity index (χ1) is 13.5. The van der Waals surface area contributed by atoms with E-state index in [2.05, 4.69) is 75.5 Å². The molecule has 2 unspecified atom stereocenters. The highest BCUT2D eigenvalue weighted by molar-refractivity contribution is 6.34. The van der Waals surface area contributed by atoms with Gasteiger partial charge in [-0.15, -0.1) is 0 Å². The van der Waals surface area contributed by atoms with Crippen LogP contribution in [0, 0.1) is 29.1 Å². The zero-order chi connectivity index (χ0) is 20.0. The van der Waals surface area contributed by atoms with E-state index in [-0.39, 0.29) is 15.2 Å². The molecule has 4 bridgehead atoms. The number of fused-ring (bicyclic) bond motifs is 4. The Bertz CT molecular complexity index is 638. The molecule has 0 N–H and O–H groups in total. The van der Waals surface area contributed by atoms with Crippen molar-refractivity contribution in [3.05, 3.63) is 59.0 Å². The fourth-order valence-corrected chi connectivity index (χ4v) is 6.47. The van der Waals surface area contributed by atoms with Crippen LogP contribution in [0.25, 0.3) is 0 Å². The molecule has 1 saturated carbocycles. The average molecular weight is 415 g/mol. The second kappa shape index (κ2) is 10.2. The predicted molar refractivity (Wildman–Crippen MR) is 126 cm³/mol. The van der Waals surface area contributed by atoms with Crippen molar-refractivity contribution in [2.75, 3.05) is 13.2 Å². The smallest absolute Gasteiger partial charge is 0.185 e. The van der Waals surface area contributed by atoms with E-state index >= 15 is 0 Å². The first-order valence-corrected chi connectivity index (χ1v) is 13.8. The van der Waals surface area contributed by atoms with Crippen LogP contribution in [0.2, 0.25) is 0 Å². The van der Waals surface area contributed by atoms with E-state index in [1.165, 1.54) is 30.4 Å². The third kappa shape index (κ3) is 6.02. The minimum atomic E-state index is -0.427. The summed E-state index contributed by atoms with van der Waals surface area (Å²) in [6.45, 7) is 10.5. The highest BCUT2D eigenvalue weighted by Crippen LogP contribution is 2.44. The Morgan fingerprint density at radius 1 is 0.893 bits per heavy atom. The van der Waals surface area contributed by atoms with Crippen molar-refractivity contribution >= 4 is 19.5 Å². The van der Waals surface area contributed by atoms with E-state index in [4.69, 9.17) is 8.85 Å². The molecule has 0 radical (unpaired) electrons. The summed E-state index contributed by atoms with van der Waals surface area (Å²) in [7, 11) is -0.805. The number of allylic oxidation sites excluding steroid dienone is 6. The van der Waals surface area contributed by atoms with E-state index in [9.17, 15) is 0 Å². The van der Waals surface area contributed by atoms with Gasteiger partial charge >= 0.3 is 0 Å². The third-order valence-corrected chi connectivity index (χ3v) is 9.28. The lowest BCUT2D eigenvalue weighted by Gasteiger charge is -2.20. The minimum Gasteiger partial charge on any atom is -0.419 e. The van der Waals surface area contributed by atoms with Crippen LogP contribution in [0.4, 0.5) is 0 Å². The fraction of sp³-hybridized carbons (Fsp3) is 0.583. The summed E-state index contributed by atoms with van der Waals surface area (Å²) in [4.78, 5) is 0. The summed E-state index contributed by atoms with van der Waals surface area (Å²) in [6, 6.07) is 0. The summed E-state index contributed by atoms with van der Waals surface area (Å²) in [5.74, 6) is 3.22. The van der Waals surface area contributed by atoms with Crippen molar-refractivity contribution in [3.8, 4) is 0 Å². The molecule has 0 aromatic rings. The largest absolute Gasteiger partial charge is 0.419 e. The Morgan fingerprint density at radius 3 is 1.93 bits per heavy atom. The van der Waals surface area contributed by atoms with Gasteiger partial charge in [-0.3, -0.25) is 0 Å². The highest BCUT2D eigenvalue weighted by atomic mass is 28.2. The standard InChI is InChI=1S/C12H18OSi.C12H20OSi/c1-10(2)8-14-13-9-12-5-3-11(7-12)4-6-12;1-9(2)8-14-13-7-12-10-3-4-11(12)6-5-10/h3-6,8,11H,7,9,14H2,1-2H3;3-4,8,10-12H,5-7,14H2,1-2H3. The van der Waals surface area contributed by atoms with E-state index in [0.29, 0.717) is 5.92 Å². The van der Waals surface area contributed by atoms with Gasteiger partial charge in [0.05, 0.1) is 0 Å². The quantitative estimate of drug-likeness (QED) is 0.334. The number of rotatable bonds is 8. The number of hydrogen-bond acceptors (Lipinski definition) is 2. The molecule has 2 nitrogen and oxygen atoms in total. The van der Waals surface area contributed by atoms with Gasteiger partial charge in [-0.1, -0.05) is 59.0 Å². The number of hydrogen-bond donors (Lipinski definition) is 0. The molecule has 4 heteroatoms. The lowest BCUT2D eigenvalue weighted by Crippen LogP contribution is -2.19. The van der Waals surface area contributed by atoms with Crippen molar-refractivity contribution < 1.29 is 8.85 Å². The molecule has 1 fully saturated rings. The van der Waals surface area contributed by atoms with Crippen LogP contribution in [-0.4, -0.2) is 32.7 Å². The molecule has 0 aromatic carbocycles. The van der Waals surface area contributed by atoms with Gasteiger partial charge in [-0.25, -0.2) is 0 Å². The molecule has 4 aliphatic rings. The van der Waals surface area contributed by atoms with Gasteiger partial charge in [0, 0.05) is 18.6 Å². The Balaban J connectivity index is 0.000000161. The molecule has 0 spiro atoms. The maximum absolute atomic E-state index is 5.83. The van der Waals surface area contributed by atoms with Gasteiger partial charge in [0.1, 0.15) is 0 Å². The Labute approximate surface area is 176 Å². The molecule has 0 amide bonds. The highest BCUT2D eigenvalue weighted by Gasteiger charge is 2.37. The first-order valence-electron chi connectivity index (χ1n) is 11.0. The van der Waals surface area contributed by atoms with E-state index < -0.39 is 9.76 Å². The van der Waals surface area contributed by atoms with Crippen LogP contribution in [0.5, 0.6) is 0 Å². The topological polar surface area (TPSA) is 18.5 Å². The molecule has 0 saturated heterocycles. The summed E-state index contributed by atoms with van der Waals surface area (Å²) in [5, 5.41) is 0. The van der Waals surface area contributed by atoms with Crippen molar-refractivity contribution in [3.63, 3.8) is 0 Å². The van der Waals surface area contributed by atoms with Gasteiger partial charge in [0.2, 0.25) is 0 Å². The van der Waals surface area contributed by atoms with E-state index in [0.717, 1.165) is 31.0 Å². The molecule has 0 heterocycles. The van der Waals surface area contributed by atoms with Crippen LogP contribution >= 0.6 is 0 Å². The van der Waals surface area contributed by atoms with Crippen LogP contribution in [-0.2, 0) is 8.85 Å². The molecule has 4 rings (SSSR count). The van der Waals surface area contributed by atoms with Crippen molar-refractivity contribution in [2.24, 2.45) is 29.1 Å². The van der Waals surface area contributed by atoms with Crippen molar-refractivity contribution in [2.45, 2.75) is 47.0 Å². The first kappa shape index (κ1) is 21.8. The summed E-state index contributed by atoms with van der Waals surface area (Å²) in [5.41, 5.74) is 7.63. The zero-order valence-electron chi connectivity index (χ0n) is 18.2. The van der Waals surface area contributed by atoms with Gasteiger partial charge in [-0.2, -0.15) is 0 Å². The third-order valence-electron chi connectivity index (χ3n) is 6.41. The molecular formula is C24H38O2Si2. The molecule has 28 heavy (non-hydrogen) atoms. The zero-order valence-corrected chi connectivity index (χ0v) is 21.0. The van der Waals surface area contributed by atoms with Gasteiger partial charge in [0.25, 0.3) is 0 Å². The fourth-order valence-electron chi connectivity index (χ4n) is 4.66. The molecule has 4 aliphatic carbocycles.